The summed E-state index contributed by atoms with van der Waals surface area (Å²) in [6, 6.07) is 5.97. The maximum atomic E-state index is 12.4. The molecule has 1 saturated heterocycles. The number of hydrogen-bond acceptors (Lipinski definition) is 4. The van der Waals surface area contributed by atoms with E-state index in [1.807, 2.05) is 39.0 Å². The third-order valence-corrected chi connectivity index (χ3v) is 4.43. The van der Waals surface area contributed by atoms with Gasteiger partial charge in [0.15, 0.2) is 11.5 Å². The molecular weight excluding hydrogens is 340 g/mol. The van der Waals surface area contributed by atoms with E-state index in [-0.39, 0.29) is 18.3 Å². The van der Waals surface area contributed by atoms with Crippen molar-refractivity contribution in [1.82, 2.24) is 10.6 Å². The molecule has 0 aromatic heterocycles. The minimum atomic E-state index is -0.423. The number of carbonyl (C=O) groups excluding carboxylic acids is 1. The molecule has 1 aromatic rings. The predicted molar refractivity (Wildman–Crippen MR) is 103 cm³/mol. The minimum Gasteiger partial charge on any atom is -0.490 e. The van der Waals surface area contributed by atoms with Gasteiger partial charge in [0.1, 0.15) is 0 Å². The molecule has 0 radical (unpaired) electrons. The van der Waals surface area contributed by atoms with Gasteiger partial charge in [-0.1, -0.05) is 6.07 Å². The molecule has 142 valence electrons. The van der Waals surface area contributed by atoms with Gasteiger partial charge in [-0.15, -0.1) is 12.4 Å². The molecule has 25 heavy (non-hydrogen) atoms. The van der Waals surface area contributed by atoms with Gasteiger partial charge in [0, 0.05) is 6.54 Å². The Kier molecular flexibility index (Phi) is 9.08. The highest BCUT2D eigenvalue weighted by Crippen LogP contribution is 2.28. The maximum absolute atomic E-state index is 12.4. The van der Waals surface area contributed by atoms with E-state index in [1.165, 1.54) is 0 Å². The van der Waals surface area contributed by atoms with Crippen molar-refractivity contribution < 1.29 is 14.3 Å². The van der Waals surface area contributed by atoms with Crippen molar-refractivity contribution in [3.63, 3.8) is 0 Å². The monoisotopic (exact) mass is 370 g/mol. The number of carbonyl (C=O) groups is 1. The Labute approximate surface area is 157 Å². The lowest BCUT2D eigenvalue weighted by Gasteiger charge is -2.33. The molecule has 1 fully saturated rings. The Bertz CT molecular complexity index is 545. The van der Waals surface area contributed by atoms with E-state index in [2.05, 4.69) is 10.6 Å². The standard InChI is InChI=1S/C19H30N2O3.ClH/c1-4-23-16-9-8-15(14-17(16)24-5-2)10-13-20-18(22)19(3)11-6-7-12-21-19;/h8-9,14,21H,4-7,10-13H2,1-3H3,(H,20,22);1H. The lowest BCUT2D eigenvalue weighted by Crippen LogP contribution is -2.57. The van der Waals surface area contributed by atoms with Gasteiger partial charge in [0.2, 0.25) is 5.91 Å². The lowest BCUT2D eigenvalue weighted by atomic mass is 9.90. The molecule has 1 amide bonds. The van der Waals surface area contributed by atoms with Crippen molar-refractivity contribution in [3.05, 3.63) is 23.8 Å². The van der Waals surface area contributed by atoms with E-state index < -0.39 is 5.54 Å². The number of hydrogen-bond donors (Lipinski definition) is 2. The zero-order valence-corrected chi connectivity index (χ0v) is 16.3. The fourth-order valence-corrected chi connectivity index (χ4v) is 3.02. The number of ether oxygens (including phenoxy) is 2. The van der Waals surface area contributed by atoms with Crippen LogP contribution in [0.15, 0.2) is 18.2 Å². The predicted octanol–water partition coefficient (Wildman–Crippen LogP) is 3.10. The second kappa shape index (κ2) is 10.5. The van der Waals surface area contributed by atoms with Crippen molar-refractivity contribution in [1.29, 1.82) is 0 Å². The van der Waals surface area contributed by atoms with Crippen LogP contribution in [0.1, 0.15) is 45.6 Å². The van der Waals surface area contributed by atoms with Gasteiger partial charge < -0.3 is 20.1 Å². The van der Waals surface area contributed by atoms with E-state index in [0.29, 0.717) is 19.8 Å². The Morgan fingerprint density at radius 2 is 1.92 bits per heavy atom. The van der Waals surface area contributed by atoms with E-state index in [4.69, 9.17) is 9.47 Å². The topological polar surface area (TPSA) is 59.6 Å². The first-order valence-corrected chi connectivity index (χ1v) is 9.01. The van der Waals surface area contributed by atoms with Crippen LogP contribution in [0.5, 0.6) is 11.5 Å². The second-order valence-corrected chi connectivity index (χ2v) is 6.37. The van der Waals surface area contributed by atoms with Crippen LogP contribution >= 0.6 is 12.4 Å². The number of rotatable bonds is 8. The lowest BCUT2D eigenvalue weighted by molar-refractivity contribution is -0.127. The Morgan fingerprint density at radius 1 is 1.20 bits per heavy atom. The van der Waals surface area contributed by atoms with Crippen molar-refractivity contribution in [3.8, 4) is 11.5 Å². The molecule has 6 heteroatoms. The second-order valence-electron chi connectivity index (χ2n) is 6.37. The molecular formula is C19H31ClN2O3. The van der Waals surface area contributed by atoms with Gasteiger partial charge in [-0.25, -0.2) is 0 Å². The number of halogens is 1. The number of piperidine rings is 1. The van der Waals surface area contributed by atoms with Gasteiger partial charge in [-0.2, -0.15) is 0 Å². The first kappa shape index (κ1) is 21.6. The fraction of sp³-hybridized carbons (Fsp3) is 0.632. The molecule has 1 unspecified atom stereocenters. The number of nitrogens with one attached hydrogen (secondary N) is 2. The van der Waals surface area contributed by atoms with Crippen LogP contribution in [0.3, 0.4) is 0 Å². The summed E-state index contributed by atoms with van der Waals surface area (Å²) >= 11 is 0. The largest absolute Gasteiger partial charge is 0.490 e. The van der Waals surface area contributed by atoms with Crippen LogP contribution in [0.2, 0.25) is 0 Å². The summed E-state index contributed by atoms with van der Waals surface area (Å²) in [6.45, 7) is 8.66. The van der Waals surface area contributed by atoms with Crippen LogP contribution in [-0.4, -0.2) is 37.7 Å². The molecule has 0 saturated carbocycles. The molecule has 2 rings (SSSR count). The van der Waals surface area contributed by atoms with Crippen molar-refractivity contribution in [2.24, 2.45) is 0 Å². The molecule has 1 heterocycles. The van der Waals surface area contributed by atoms with Crippen LogP contribution in [0.25, 0.3) is 0 Å². The van der Waals surface area contributed by atoms with Gasteiger partial charge >= 0.3 is 0 Å². The third kappa shape index (κ3) is 6.08. The van der Waals surface area contributed by atoms with Crippen molar-refractivity contribution in [2.75, 3.05) is 26.3 Å². The van der Waals surface area contributed by atoms with Crippen molar-refractivity contribution in [2.45, 2.75) is 52.0 Å². The van der Waals surface area contributed by atoms with E-state index in [0.717, 1.165) is 49.3 Å². The molecule has 5 nitrogen and oxygen atoms in total. The summed E-state index contributed by atoms with van der Waals surface area (Å²) in [7, 11) is 0. The van der Waals surface area contributed by atoms with Crippen LogP contribution in [0.4, 0.5) is 0 Å². The molecule has 1 aliphatic rings. The molecule has 1 aromatic carbocycles. The summed E-state index contributed by atoms with van der Waals surface area (Å²) in [4.78, 5) is 12.4. The first-order chi connectivity index (χ1) is 11.6. The fourth-order valence-electron chi connectivity index (χ4n) is 3.02. The first-order valence-electron chi connectivity index (χ1n) is 9.01. The van der Waals surface area contributed by atoms with Crippen LogP contribution in [-0.2, 0) is 11.2 Å². The quantitative estimate of drug-likeness (QED) is 0.738. The average molecular weight is 371 g/mol. The molecule has 1 atom stereocenters. The van der Waals surface area contributed by atoms with E-state index in [9.17, 15) is 4.79 Å². The summed E-state index contributed by atoms with van der Waals surface area (Å²) in [5.41, 5.74) is 0.706. The smallest absolute Gasteiger partial charge is 0.240 e. The molecule has 1 aliphatic heterocycles. The third-order valence-electron chi connectivity index (χ3n) is 4.43. The average Bonchev–Trinajstić information content (AvgIpc) is 2.58. The maximum Gasteiger partial charge on any atom is 0.240 e. The van der Waals surface area contributed by atoms with E-state index in [1.54, 1.807) is 0 Å². The van der Waals surface area contributed by atoms with Gasteiger partial charge in [-0.3, -0.25) is 4.79 Å². The van der Waals surface area contributed by atoms with E-state index >= 15 is 0 Å². The summed E-state index contributed by atoms with van der Waals surface area (Å²) in [5, 5.41) is 6.40. The highest BCUT2D eigenvalue weighted by Gasteiger charge is 2.33. The Morgan fingerprint density at radius 3 is 2.56 bits per heavy atom. The van der Waals surface area contributed by atoms with Crippen LogP contribution < -0.4 is 20.1 Å². The summed E-state index contributed by atoms with van der Waals surface area (Å²) < 4.78 is 11.2. The summed E-state index contributed by atoms with van der Waals surface area (Å²) in [5.74, 6) is 1.63. The van der Waals surface area contributed by atoms with Gasteiger partial charge in [-0.05, 0) is 70.7 Å². The van der Waals surface area contributed by atoms with Gasteiger partial charge in [0.05, 0.1) is 18.8 Å². The SMILES string of the molecule is CCOc1ccc(CCNC(=O)C2(C)CCCCN2)cc1OCC.Cl. The zero-order chi connectivity index (χ0) is 17.4. The Hall–Kier alpha value is -1.46. The number of amides is 1. The summed E-state index contributed by atoms with van der Waals surface area (Å²) in [6.07, 6.45) is 3.92. The molecule has 2 N–H and O–H groups in total. The molecule has 0 bridgehead atoms. The highest BCUT2D eigenvalue weighted by atomic mass is 35.5. The van der Waals surface area contributed by atoms with Crippen molar-refractivity contribution >= 4 is 18.3 Å². The minimum absolute atomic E-state index is 0. The normalized spacial score (nSPS) is 19.6. The molecule has 0 spiro atoms. The highest BCUT2D eigenvalue weighted by molar-refractivity contribution is 5.86. The zero-order valence-electron chi connectivity index (χ0n) is 15.5. The van der Waals surface area contributed by atoms with Gasteiger partial charge in [0.25, 0.3) is 0 Å². The molecule has 0 aliphatic carbocycles. The van der Waals surface area contributed by atoms with Crippen LogP contribution in [0, 0.1) is 0 Å². The Balaban J connectivity index is 0.00000312. The number of benzene rings is 1.